The topological polar surface area (TPSA) is 51.0 Å². The molecule has 0 saturated heterocycles. The van der Waals surface area contributed by atoms with E-state index in [0.717, 1.165) is 11.3 Å². The van der Waals surface area contributed by atoms with Crippen LogP contribution in [0.4, 0.5) is 0 Å². The zero-order chi connectivity index (χ0) is 19.6. The highest BCUT2D eigenvalue weighted by Gasteiger charge is 2.20. The molecule has 4 nitrogen and oxygen atoms in total. The average Bonchev–Trinajstić information content (AvgIpc) is 2.62. The van der Waals surface area contributed by atoms with Gasteiger partial charge in [-0.2, -0.15) is 0 Å². The van der Waals surface area contributed by atoms with Gasteiger partial charge in [-0.15, -0.1) is 0 Å². The quantitative estimate of drug-likeness (QED) is 0.727. The molecule has 0 saturated carbocycles. The molecule has 0 aliphatic carbocycles. The number of fused-ring (bicyclic) bond motifs is 1. The molecule has 0 bridgehead atoms. The Morgan fingerprint density at radius 3 is 2.30 bits per heavy atom. The molecule has 1 aromatic carbocycles. The number of aryl methyl sites for hydroxylation is 1. The molecule has 0 aliphatic heterocycles. The van der Waals surface area contributed by atoms with E-state index in [9.17, 15) is 4.79 Å². The van der Waals surface area contributed by atoms with Crippen molar-refractivity contribution in [2.45, 2.75) is 53.1 Å². The summed E-state index contributed by atoms with van der Waals surface area (Å²) in [5.74, 6) is 1.03. The maximum Gasteiger partial charge on any atom is 0.258 e. The Kier molecular flexibility index (Phi) is 5.76. The maximum atomic E-state index is 12.4. The van der Waals surface area contributed by atoms with Crippen molar-refractivity contribution in [3.63, 3.8) is 0 Å². The van der Waals surface area contributed by atoms with Gasteiger partial charge in [-0.05, 0) is 30.0 Å². The van der Waals surface area contributed by atoms with Crippen molar-refractivity contribution in [3.05, 3.63) is 81.4 Å². The summed E-state index contributed by atoms with van der Waals surface area (Å²) in [4.78, 5) is 17.1. The van der Waals surface area contributed by atoms with Crippen molar-refractivity contribution in [1.29, 1.82) is 0 Å². The van der Waals surface area contributed by atoms with E-state index in [1.807, 2.05) is 25.3 Å². The van der Waals surface area contributed by atoms with Crippen LogP contribution in [0.25, 0.3) is 5.65 Å². The lowest BCUT2D eigenvalue weighted by Gasteiger charge is -2.20. The third kappa shape index (κ3) is 4.45. The third-order valence-electron chi connectivity index (χ3n) is 5.15. The first-order chi connectivity index (χ1) is 12.8. The smallest absolute Gasteiger partial charge is 0.258 e. The van der Waals surface area contributed by atoms with Crippen LogP contribution in [-0.4, -0.2) is 9.38 Å². The summed E-state index contributed by atoms with van der Waals surface area (Å²) in [5.41, 5.74) is 5.25. The summed E-state index contributed by atoms with van der Waals surface area (Å²) in [6, 6.07) is 14.8. The molecule has 4 heteroatoms. The van der Waals surface area contributed by atoms with Crippen LogP contribution in [0.2, 0.25) is 0 Å². The molecule has 1 atom stereocenters. The number of benzene rings is 1. The molecule has 2 N–H and O–H groups in total. The van der Waals surface area contributed by atoms with E-state index < -0.39 is 0 Å². The van der Waals surface area contributed by atoms with Crippen LogP contribution >= 0.6 is 0 Å². The molecule has 0 radical (unpaired) electrons. The Bertz CT molecular complexity index is 971. The van der Waals surface area contributed by atoms with Crippen LogP contribution in [0.5, 0.6) is 0 Å². The predicted octanol–water partition coefficient (Wildman–Crippen LogP) is 3.59. The minimum atomic E-state index is -0.0190. The fourth-order valence-electron chi connectivity index (χ4n) is 3.51. The van der Waals surface area contributed by atoms with Crippen LogP contribution in [-0.2, 0) is 6.54 Å². The van der Waals surface area contributed by atoms with Crippen molar-refractivity contribution >= 4 is 5.65 Å². The van der Waals surface area contributed by atoms with E-state index in [2.05, 4.69) is 62.3 Å². The number of hydrogen-bond acceptors (Lipinski definition) is 2. The normalized spacial score (nSPS) is 12.9. The highest BCUT2D eigenvalue weighted by atomic mass is 16.1. The summed E-state index contributed by atoms with van der Waals surface area (Å²) < 4.78 is 1.61. The van der Waals surface area contributed by atoms with Gasteiger partial charge in [0.25, 0.3) is 5.56 Å². The SMILES string of the molecule is Cc1ccc2nc(C[NH2+][C@H](c3ccc(C(C)C)cc3)C(C)C)cc(=O)n2c1. The van der Waals surface area contributed by atoms with E-state index in [0.29, 0.717) is 30.1 Å². The molecule has 2 aromatic heterocycles. The van der Waals surface area contributed by atoms with Crippen molar-refractivity contribution in [3.8, 4) is 0 Å². The standard InChI is InChI=1S/C23H29N3O/c1-15(2)18-7-9-19(10-8-18)23(16(3)4)24-13-20-12-22(27)26-14-17(5)6-11-21(26)25-20/h6-12,14-16,23-24H,13H2,1-5H3/p+1/t23-/m0/s1. The first kappa shape index (κ1) is 19.3. The van der Waals surface area contributed by atoms with Gasteiger partial charge in [0.15, 0.2) is 0 Å². The Morgan fingerprint density at radius 2 is 1.67 bits per heavy atom. The van der Waals surface area contributed by atoms with Crippen molar-refractivity contribution in [2.75, 3.05) is 0 Å². The largest absolute Gasteiger partial charge is 0.335 e. The predicted molar refractivity (Wildman–Crippen MR) is 110 cm³/mol. The highest BCUT2D eigenvalue weighted by Crippen LogP contribution is 2.21. The molecular formula is C23H30N3O+. The molecule has 27 heavy (non-hydrogen) atoms. The monoisotopic (exact) mass is 364 g/mol. The van der Waals surface area contributed by atoms with Gasteiger partial charge in [0.2, 0.25) is 0 Å². The first-order valence-electron chi connectivity index (χ1n) is 9.77. The minimum absolute atomic E-state index is 0.0190. The first-order valence-corrected chi connectivity index (χ1v) is 9.77. The van der Waals surface area contributed by atoms with Crippen LogP contribution in [0.3, 0.4) is 0 Å². The highest BCUT2D eigenvalue weighted by molar-refractivity contribution is 5.39. The lowest BCUT2D eigenvalue weighted by atomic mass is 9.93. The molecule has 0 amide bonds. The molecule has 3 rings (SSSR count). The van der Waals surface area contributed by atoms with Gasteiger partial charge in [-0.3, -0.25) is 9.20 Å². The lowest BCUT2D eigenvalue weighted by molar-refractivity contribution is -0.717. The number of rotatable bonds is 6. The molecule has 0 aliphatic rings. The molecule has 2 heterocycles. The maximum absolute atomic E-state index is 12.4. The molecule has 142 valence electrons. The number of aromatic nitrogens is 2. The molecule has 0 spiro atoms. The lowest BCUT2D eigenvalue weighted by Crippen LogP contribution is -2.84. The molecule has 0 fully saturated rings. The zero-order valence-electron chi connectivity index (χ0n) is 16.9. The summed E-state index contributed by atoms with van der Waals surface area (Å²) in [6.45, 7) is 11.6. The van der Waals surface area contributed by atoms with Crippen molar-refractivity contribution in [2.24, 2.45) is 5.92 Å². The zero-order valence-corrected chi connectivity index (χ0v) is 16.9. The average molecular weight is 365 g/mol. The second-order valence-corrected chi connectivity index (χ2v) is 8.05. The van der Waals surface area contributed by atoms with E-state index in [4.69, 9.17) is 0 Å². The van der Waals surface area contributed by atoms with E-state index >= 15 is 0 Å². The van der Waals surface area contributed by atoms with Crippen molar-refractivity contribution < 1.29 is 5.32 Å². The summed E-state index contributed by atoms with van der Waals surface area (Å²) in [5, 5.41) is 2.29. The molecule has 0 unspecified atom stereocenters. The Labute approximate surface area is 161 Å². The van der Waals surface area contributed by atoms with Gasteiger partial charge in [-0.1, -0.05) is 58.0 Å². The van der Waals surface area contributed by atoms with Crippen LogP contribution < -0.4 is 10.9 Å². The summed E-state index contributed by atoms with van der Waals surface area (Å²) in [7, 11) is 0. The number of nitrogens with two attached hydrogens (primary N) is 1. The van der Waals surface area contributed by atoms with Gasteiger partial charge in [0.1, 0.15) is 23.9 Å². The van der Waals surface area contributed by atoms with E-state index in [-0.39, 0.29) is 5.56 Å². The minimum Gasteiger partial charge on any atom is -0.335 e. The Morgan fingerprint density at radius 1 is 1.00 bits per heavy atom. The van der Waals surface area contributed by atoms with Crippen LogP contribution in [0, 0.1) is 12.8 Å². The van der Waals surface area contributed by atoms with E-state index in [1.54, 1.807) is 10.5 Å². The number of nitrogens with zero attached hydrogens (tertiary/aromatic N) is 2. The summed E-state index contributed by atoms with van der Waals surface area (Å²) >= 11 is 0. The third-order valence-corrected chi connectivity index (χ3v) is 5.15. The second kappa shape index (κ2) is 8.05. The Balaban J connectivity index is 1.81. The molecule has 3 aromatic rings. The fraction of sp³-hybridized carbons (Fsp3) is 0.391. The summed E-state index contributed by atoms with van der Waals surface area (Å²) in [6.07, 6.45) is 1.84. The fourth-order valence-corrected chi connectivity index (χ4v) is 3.51. The van der Waals surface area contributed by atoms with E-state index in [1.165, 1.54) is 11.1 Å². The van der Waals surface area contributed by atoms with Gasteiger partial charge in [0, 0.05) is 23.7 Å². The van der Waals surface area contributed by atoms with Crippen LogP contribution in [0.1, 0.15) is 62.0 Å². The second-order valence-electron chi connectivity index (χ2n) is 8.05. The van der Waals surface area contributed by atoms with Crippen LogP contribution in [0.15, 0.2) is 53.5 Å². The van der Waals surface area contributed by atoms with Gasteiger partial charge in [-0.25, -0.2) is 4.98 Å². The van der Waals surface area contributed by atoms with Gasteiger partial charge in [0.05, 0.1) is 0 Å². The van der Waals surface area contributed by atoms with Gasteiger partial charge < -0.3 is 5.32 Å². The number of quaternary nitrogens is 1. The molecular weight excluding hydrogens is 334 g/mol. The number of hydrogen-bond donors (Lipinski definition) is 1. The van der Waals surface area contributed by atoms with Crippen molar-refractivity contribution in [1.82, 2.24) is 9.38 Å². The van der Waals surface area contributed by atoms with Gasteiger partial charge >= 0.3 is 0 Å². The Hall–Kier alpha value is -2.46. The number of pyridine rings is 1.